The van der Waals surface area contributed by atoms with E-state index in [0.29, 0.717) is 0 Å². The third kappa shape index (κ3) is 2.82. The molecule has 0 heterocycles. The lowest BCUT2D eigenvalue weighted by Crippen LogP contribution is -2.36. The molecule has 3 N–H and O–H groups in total. The maximum Gasteiger partial charge on any atom is 0.256 e. The number of nitrogens with one attached hydrogen (secondary N) is 1. The lowest BCUT2D eigenvalue weighted by molar-refractivity contribution is 0.364. The van der Waals surface area contributed by atoms with Gasteiger partial charge in [-0.05, 0) is 12.1 Å². The number of benzene rings is 1. The van der Waals surface area contributed by atoms with Gasteiger partial charge in [-0.25, -0.2) is 13.4 Å². The highest BCUT2D eigenvalue weighted by Gasteiger charge is 2.21. The maximum absolute atomic E-state index is 11.8. The minimum Gasteiger partial charge on any atom is -0.398 e. The summed E-state index contributed by atoms with van der Waals surface area (Å²) in [5.41, 5.74) is 5.68. The van der Waals surface area contributed by atoms with Crippen LogP contribution in [0.2, 0.25) is 5.02 Å². The van der Waals surface area contributed by atoms with Gasteiger partial charge in [0.15, 0.2) is 0 Å². The monoisotopic (exact) mass is 249 g/mol. The van der Waals surface area contributed by atoms with Crippen LogP contribution < -0.4 is 10.6 Å². The largest absolute Gasteiger partial charge is 0.398 e. The van der Waals surface area contributed by atoms with Crippen LogP contribution in [0.25, 0.3) is 0 Å². The first-order chi connectivity index (χ1) is 6.84. The third-order valence-electron chi connectivity index (χ3n) is 1.57. The molecule has 0 saturated carbocycles. The highest BCUT2D eigenvalue weighted by atomic mass is 35.5. The number of hydrazine groups is 1. The fourth-order valence-electron chi connectivity index (χ4n) is 1.10. The molecule has 0 unspecified atom stereocenters. The van der Waals surface area contributed by atoms with Crippen LogP contribution in [0, 0.1) is 0 Å². The molecule has 1 rings (SSSR count). The SMILES string of the molecule is CN(C)NS(=O)(=O)c1c(N)cccc1Cl. The van der Waals surface area contributed by atoms with Crippen LogP contribution in [0.15, 0.2) is 23.1 Å². The molecule has 0 saturated heterocycles. The average Bonchev–Trinajstić information content (AvgIpc) is 1.99. The zero-order valence-electron chi connectivity index (χ0n) is 8.36. The van der Waals surface area contributed by atoms with Crippen molar-refractivity contribution in [2.24, 2.45) is 0 Å². The second kappa shape index (κ2) is 4.36. The Hall–Kier alpha value is -0.820. The number of hydrogen-bond donors (Lipinski definition) is 2. The lowest BCUT2D eigenvalue weighted by atomic mass is 10.3. The first-order valence-corrected chi connectivity index (χ1v) is 5.94. The third-order valence-corrected chi connectivity index (χ3v) is 3.59. The fourth-order valence-corrected chi connectivity index (χ4v) is 2.86. The second-order valence-electron chi connectivity index (χ2n) is 3.15. The molecule has 0 aromatic heterocycles. The molecule has 84 valence electrons. The quantitative estimate of drug-likeness (QED) is 0.610. The van der Waals surface area contributed by atoms with Gasteiger partial charge in [-0.3, -0.25) is 0 Å². The molecule has 5 nitrogen and oxygen atoms in total. The summed E-state index contributed by atoms with van der Waals surface area (Å²) in [7, 11) is -0.582. The molecule has 0 fully saturated rings. The van der Waals surface area contributed by atoms with Crippen molar-refractivity contribution in [3.8, 4) is 0 Å². The van der Waals surface area contributed by atoms with Crippen molar-refractivity contribution >= 4 is 27.3 Å². The summed E-state index contributed by atoms with van der Waals surface area (Å²) in [6.07, 6.45) is 0. The van der Waals surface area contributed by atoms with E-state index in [9.17, 15) is 8.42 Å². The zero-order valence-corrected chi connectivity index (χ0v) is 9.93. The van der Waals surface area contributed by atoms with E-state index in [1.165, 1.54) is 17.1 Å². The molecule has 7 heteroatoms. The lowest BCUT2D eigenvalue weighted by Gasteiger charge is -2.14. The fraction of sp³-hybridized carbons (Fsp3) is 0.250. The summed E-state index contributed by atoms with van der Waals surface area (Å²) in [5.74, 6) is 0. The van der Waals surface area contributed by atoms with Crippen LogP contribution in [0.4, 0.5) is 5.69 Å². The van der Waals surface area contributed by atoms with E-state index in [1.54, 1.807) is 20.2 Å². The van der Waals surface area contributed by atoms with Gasteiger partial charge < -0.3 is 5.73 Å². The topological polar surface area (TPSA) is 75.4 Å². The number of nitrogens with zero attached hydrogens (tertiary/aromatic N) is 1. The summed E-state index contributed by atoms with van der Waals surface area (Å²) >= 11 is 5.78. The van der Waals surface area contributed by atoms with Gasteiger partial charge in [-0.15, -0.1) is 4.83 Å². The van der Waals surface area contributed by atoms with Crippen LogP contribution >= 0.6 is 11.6 Å². The van der Waals surface area contributed by atoms with Gasteiger partial charge in [0.25, 0.3) is 10.0 Å². The van der Waals surface area contributed by atoms with E-state index < -0.39 is 10.0 Å². The predicted molar refractivity (Wildman–Crippen MR) is 59.9 cm³/mol. The van der Waals surface area contributed by atoms with Gasteiger partial charge in [0.2, 0.25) is 0 Å². The maximum atomic E-state index is 11.8. The minimum atomic E-state index is -3.70. The molecule has 0 radical (unpaired) electrons. The zero-order chi connectivity index (χ0) is 11.6. The Morgan fingerprint density at radius 2 is 2.00 bits per heavy atom. The number of halogens is 1. The molecule has 1 aromatic carbocycles. The van der Waals surface area contributed by atoms with Gasteiger partial charge in [0.05, 0.1) is 10.7 Å². The molecule has 1 aromatic rings. The molecular weight excluding hydrogens is 238 g/mol. The van der Waals surface area contributed by atoms with E-state index in [4.69, 9.17) is 17.3 Å². The first-order valence-electron chi connectivity index (χ1n) is 4.08. The van der Waals surface area contributed by atoms with E-state index in [0.717, 1.165) is 0 Å². The minimum absolute atomic E-state index is 0.0969. The number of nitrogen functional groups attached to an aromatic ring is 1. The molecule has 15 heavy (non-hydrogen) atoms. The highest BCUT2D eigenvalue weighted by Crippen LogP contribution is 2.26. The van der Waals surface area contributed by atoms with Gasteiger partial charge >= 0.3 is 0 Å². The van der Waals surface area contributed by atoms with Crippen LogP contribution in [-0.2, 0) is 10.0 Å². The molecule has 0 spiro atoms. The Bertz CT molecular complexity index is 439. The second-order valence-corrected chi connectivity index (χ2v) is 5.15. The van der Waals surface area contributed by atoms with E-state index >= 15 is 0 Å². The van der Waals surface area contributed by atoms with Crippen molar-refractivity contribution in [1.82, 2.24) is 9.84 Å². The smallest absolute Gasteiger partial charge is 0.256 e. The number of sulfonamides is 1. The number of hydrogen-bond acceptors (Lipinski definition) is 4. The van der Waals surface area contributed by atoms with Crippen molar-refractivity contribution in [3.63, 3.8) is 0 Å². The standard InChI is InChI=1S/C8H12ClN3O2S/c1-12(2)11-15(13,14)8-6(9)4-3-5-7(8)10/h3-5,11H,10H2,1-2H3. The average molecular weight is 250 g/mol. The van der Waals surface area contributed by atoms with E-state index in [-0.39, 0.29) is 15.6 Å². The van der Waals surface area contributed by atoms with Crippen LogP contribution in [0.5, 0.6) is 0 Å². The first kappa shape index (κ1) is 12.3. The Labute approximate surface area is 93.8 Å². The summed E-state index contributed by atoms with van der Waals surface area (Å²) in [5, 5.41) is 1.40. The number of anilines is 1. The van der Waals surface area contributed by atoms with E-state index in [1.807, 2.05) is 0 Å². The highest BCUT2D eigenvalue weighted by molar-refractivity contribution is 7.89. The summed E-state index contributed by atoms with van der Waals surface area (Å²) in [6.45, 7) is 0. The van der Waals surface area contributed by atoms with Gasteiger partial charge in [0, 0.05) is 14.1 Å². The molecule has 0 aliphatic rings. The van der Waals surface area contributed by atoms with Gasteiger partial charge in [-0.1, -0.05) is 17.7 Å². The molecule has 0 bridgehead atoms. The molecular formula is C8H12ClN3O2S. The van der Waals surface area contributed by atoms with Crippen LogP contribution in [0.1, 0.15) is 0 Å². The normalized spacial score (nSPS) is 12.0. The predicted octanol–water partition coefficient (Wildman–Crippen LogP) is 0.677. The summed E-state index contributed by atoms with van der Waals surface area (Å²) in [4.78, 5) is 2.16. The number of nitrogens with two attached hydrogens (primary N) is 1. The van der Waals surface area contributed by atoms with Crippen molar-refractivity contribution in [2.45, 2.75) is 4.90 Å². The van der Waals surface area contributed by atoms with Crippen molar-refractivity contribution in [2.75, 3.05) is 19.8 Å². The van der Waals surface area contributed by atoms with Crippen molar-refractivity contribution in [1.29, 1.82) is 0 Å². The Balaban J connectivity index is 3.27. The van der Waals surface area contributed by atoms with Crippen LogP contribution in [-0.4, -0.2) is 27.5 Å². The molecule has 0 amide bonds. The Kier molecular flexibility index (Phi) is 3.56. The van der Waals surface area contributed by atoms with Crippen LogP contribution in [0.3, 0.4) is 0 Å². The van der Waals surface area contributed by atoms with Crippen molar-refractivity contribution in [3.05, 3.63) is 23.2 Å². The molecule has 0 atom stereocenters. The molecule has 0 aliphatic heterocycles. The number of rotatable bonds is 3. The summed E-state index contributed by atoms with van der Waals surface area (Å²) < 4.78 is 23.5. The van der Waals surface area contributed by atoms with Gasteiger partial charge in [-0.2, -0.15) is 0 Å². The van der Waals surface area contributed by atoms with E-state index in [2.05, 4.69) is 4.83 Å². The summed E-state index contributed by atoms with van der Waals surface area (Å²) in [6, 6.07) is 4.55. The molecule has 0 aliphatic carbocycles. The van der Waals surface area contributed by atoms with Crippen molar-refractivity contribution < 1.29 is 8.42 Å². The Morgan fingerprint density at radius 1 is 1.40 bits per heavy atom. The Morgan fingerprint density at radius 3 is 2.47 bits per heavy atom. The van der Waals surface area contributed by atoms with Gasteiger partial charge in [0.1, 0.15) is 4.90 Å².